The molecule has 5 heterocycles. The molecule has 63 heavy (non-hydrogen) atoms. The molecule has 10 aromatic rings. The predicted molar refractivity (Wildman–Crippen MR) is 261 cm³/mol. The van der Waals surface area contributed by atoms with E-state index in [4.69, 9.17) is 9.97 Å². The van der Waals surface area contributed by atoms with E-state index in [1.807, 2.05) is 0 Å². The van der Waals surface area contributed by atoms with Crippen LogP contribution in [0.1, 0.15) is 87.2 Å². The van der Waals surface area contributed by atoms with Crippen LogP contribution in [0.25, 0.3) is 88.6 Å². The SMILES string of the molecule is c1ccc(-c2ccc3c(c2)c2c(C4CCCCC4)ccc4c2n3-c2cc(-c3ncncn3)cc3c2B4c2ccc(C4CCCCC4)c4c5cc(-c6ccccc6)ccc5n-3c24)cc1. The van der Waals surface area contributed by atoms with E-state index in [1.165, 1.54) is 169 Å². The summed E-state index contributed by atoms with van der Waals surface area (Å²) < 4.78 is 5.28. The molecule has 3 aromatic heterocycles. The fourth-order valence-corrected chi connectivity index (χ4v) is 12.8. The molecule has 0 saturated heterocycles. The van der Waals surface area contributed by atoms with Crippen LogP contribution in [0, 0.1) is 0 Å². The first-order chi connectivity index (χ1) is 31.3. The zero-order valence-electron chi connectivity index (χ0n) is 35.4. The second-order valence-electron chi connectivity index (χ2n) is 18.8. The average Bonchev–Trinajstić information content (AvgIpc) is 3.89. The molecule has 2 aliphatic carbocycles. The highest BCUT2D eigenvalue weighted by molar-refractivity contribution is 7.00. The minimum atomic E-state index is 0.0593. The maximum atomic E-state index is 4.80. The van der Waals surface area contributed by atoms with Gasteiger partial charge in [0, 0.05) is 49.5 Å². The van der Waals surface area contributed by atoms with E-state index in [1.54, 1.807) is 12.7 Å². The molecule has 0 spiro atoms. The fourth-order valence-electron chi connectivity index (χ4n) is 12.8. The Morgan fingerprint density at radius 1 is 0.444 bits per heavy atom. The Hall–Kier alpha value is -6.79. The Balaban J connectivity index is 1.14. The van der Waals surface area contributed by atoms with Crippen molar-refractivity contribution < 1.29 is 0 Å². The maximum Gasteiger partial charge on any atom is 0.252 e. The second kappa shape index (κ2) is 13.9. The molecule has 0 N–H and O–H groups in total. The molecule has 0 bridgehead atoms. The lowest BCUT2D eigenvalue weighted by Crippen LogP contribution is -2.59. The van der Waals surface area contributed by atoms with Crippen molar-refractivity contribution in [3.63, 3.8) is 0 Å². The normalized spacial score (nSPS) is 16.1. The van der Waals surface area contributed by atoms with Gasteiger partial charge in [0.05, 0.1) is 11.0 Å². The van der Waals surface area contributed by atoms with Gasteiger partial charge in [0.25, 0.3) is 6.71 Å². The molecule has 2 aliphatic heterocycles. The molecule has 7 aromatic carbocycles. The molecule has 5 nitrogen and oxygen atoms in total. The van der Waals surface area contributed by atoms with Crippen molar-refractivity contribution in [3.8, 4) is 45.0 Å². The summed E-state index contributed by atoms with van der Waals surface area (Å²) in [7, 11) is 0. The molecule has 2 fully saturated rings. The van der Waals surface area contributed by atoms with Crippen molar-refractivity contribution in [2.24, 2.45) is 0 Å². The van der Waals surface area contributed by atoms with E-state index < -0.39 is 0 Å². The van der Waals surface area contributed by atoms with Crippen LogP contribution >= 0.6 is 0 Å². The monoisotopic (exact) mass is 811 g/mol. The van der Waals surface area contributed by atoms with Crippen LogP contribution in [0.15, 0.2) is 146 Å². The molecule has 0 amide bonds. The molecule has 0 unspecified atom stereocenters. The standard InChI is InChI=1S/C57H46BN5/c1-5-13-35(14-6-1)39-21-27-48-44(29-39)52-42(37-17-9-3-10-18-37)23-25-46-55(52)62(48)50-31-41(57-60-33-59-34-61-57)32-51-54(50)58(46)47-26-24-43(38-19-11-4-12-20-38)53-45-30-40(36-15-7-2-8-16-36)22-28-49(45)63(51)56(47)53/h1-2,5-8,13-16,21-34,37-38H,3-4,9-12,17-20H2. The van der Waals surface area contributed by atoms with E-state index in [0.717, 1.165) is 5.56 Å². The number of aromatic nitrogens is 5. The smallest absolute Gasteiger partial charge is 0.252 e. The van der Waals surface area contributed by atoms with Gasteiger partial charge >= 0.3 is 0 Å². The van der Waals surface area contributed by atoms with Crippen LogP contribution in [0.5, 0.6) is 0 Å². The highest BCUT2D eigenvalue weighted by Gasteiger charge is 2.43. The number of benzene rings is 7. The van der Waals surface area contributed by atoms with Gasteiger partial charge in [0.1, 0.15) is 12.7 Å². The van der Waals surface area contributed by atoms with Gasteiger partial charge in [-0.1, -0.05) is 136 Å². The van der Waals surface area contributed by atoms with Crippen LogP contribution in [0.4, 0.5) is 0 Å². The van der Waals surface area contributed by atoms with Crippen LogP contribution in [-0.4, -0.2) is 30.8 Å². The van der Waals surface area contributed by atoms with Crippen molar-refractivity contribution >= 4 is 66.7 Å². The molecule has 0 radical (unpaired) electrons. The first kappa shape index (κ1) is 35.8. The van der Waals surface area contributed by atoms with Gasteiger partial charge in [-0.15, -0.1) is 0 Å². The first-order valence-corrected chi connectivity index (χ1v) is 23.4. The van der Waals surface area contributed by atoms with Gasteiger partial charge in [-0.3, -0.25) is 0 Å². The number of hydrogen-bond donors (Lipinski definition) is 0. The van der Waals surface area contributed by atoms with Crippen LogP contribution in [-0.2, 0) is 0 Å². The third-order valence-corrected chi connectivity index (χ3v) is 15.5. The first-order valence-electron chi connectivity index (χ1n) is 23.4. The lowest BCUT2D eigenvalue weighted by Gasteiger charge is -2.35. The largest absolute Gasteiger partial charge is 0.310 e. The lowest BCUT2D eigenvalue weighted by atomic mass is 9.34. The van der Waals surface area contributed by atoms with Gasteiger partial charge in [0.15, 0.2) is 5.82 Å². The Bertz CT molecular complexity index is 3260. The van der Waals surface area contributed by atoms with Crippen molar-refractivity contribution in [3.05, 3.63) is 157 Å². The predicted octanol–water partition coefficient (Wildman–Crippen LogP) is 12.3. The van der Waals surface area contributed by atoms with Crippen molar-refractivity contribution in [2.45, 2.75) is 76.0 Å². The minimum absolute atomic E-state index is 0.0593. The average molecular weight is 812 g/mol. The Morgan fingerprint density at radius 3 is 1.40 bits per heavy atom. The summed E-state index contributed by atoms with van der Waals surface area (Å²) >= 11 is 0. The van der Waals surface area contributed by atoms with Crippen molar-refractivity contribution in [1.82, 2.24) is 24.1 Å². The minimum Gasteiger partial charge on any atom is -0.310 e. The van der Waals surface area contributed by atoms with Crippen LogP contribution in [0.2, 0.25) is 0 Å². The lowest BCUT2D eigenvalue weighted by molar-refractivity contribution is 0.445. The summed E-state index contributed by atoms with van der Waals surface area (Å²) in [4.78, 5) is 13.8. The number of rotatable bonds is 5. The van der Waals surface area contributed by atoms with Crippen LogP contribution in [0.3, 0.4) is 0 Å². The summed E-state index contributed by atoms with van der Waals surface area (Å²) in [6, 6.07) is 51.3. The topological polar surface area (TPSA) is 48.5 Å². The summed E-state index contributed by atoms with van der Waals surface area (Å²) in [5.74, 6) is 1.80. The zero-order chi connectivity index (χ0) is 41.2. The van der Waals surface area contributed by atoms with Gasteiger partial charge in [-0.25, -0.2) is 15.0 Å². The van der Waals surface area contributed by atoms with E-state index in [-0.39, 0.29) is 6.71 Å². The molecule has 6 heteroatoms. The summed E-state index contributed by atoms with van der Waals surface area (Å²) in [5.41, 5.74) is 21.0. The Labute approximate surface area is 367 Å². The van der Waals surface area contributed by atoms with E-state index in [2.05, 4.69) is 148 Å². The molecule has 302 valence electrons. The summed E-state index contributed by atoms with van der Waals surface area (Å²) in [6.45, 7) is 0.0593. The summed E-state index contributed by atoms with van der Waals surface area (Å²) in [5, 5.41) is 5.59. The molecule has 14 rings (SSSR count). The van der Waals surface area contributed by atoms with Gasteiger partial charge in [0.2, 0.25) is 0 Å². The number of nitrogens with zero attached hydrogens (tertiary/aromatic N) is 5. The quantitative estimate of drug-likeness (QED) is 0.163. The molecule has 2 saturated carbocycles. The maximum absolute atomic E-state index is 4.80. The Kier molecular flexibility index (Phi) is 7.87. The van der Waals surface area contributed by atoms with E-state index >= 15 is 0 Å². The molecular formula is C57H46BN5. The fraction of sp³-hybridized carbons (Fsp3) is 0.211. The van der Waals surface area contributed by atoms with Crippen molar-refractivity contribution in [1.29, 1.82) is 0 Å². The second-order valence-corrected chi connectivity index (χ2v) is 18.8. The third kappa shape index (κ3) is 5.21. The van der Waals surface area contributed by atoms with Gasteiger partial charge < -0.3 is 9.13 Å². The summed E-state index contributed by atoms with van der Waals surface area (Å²) in [6.07, 6.45) is 16.1. The van der Waals surface area contributed by atoms with Crippen LogP contribution < -0.4 is 16.4 Å². The molecule has 4 aliphatic rings. The van der Waals surface area contributed by atoms with Gasteiger partial charge in [-0.05, 0) is 124 Å². The van der Waals surface area contributed by atoms with E-state index in [9.17, 15) is 0 Å². The number of hydrogen-bond acceptors (Lipinski definition) is 3. The van der Waals surface area contributed by atoms with Gasteiger partial charge in [-0.2, -0.15) is 0 Å². The highest BCUT2D eigenvalue weighted by Crippen LogP contribution is 2.47. The zero-order valence-corrected chi connectivity index (χ0v) is 35.4. The highest BCUT2D eigenvalue weighted by atomic mass is 15.0. The molecular weight excluding hydrogens is 765 g/mol. The third-order valence-electron chi connectivity index (χ3n) is 15.5. The molecule has 0 atom stereocenters. The van der Waals surface area contributed by atoms with E-state index in [0.29, 0.717) is 17.7 Å². The van der Waals surface area contributed by atoms with Crippen molar-refractivity contribution in [2.75, 3.05) is 0 Å². The Morgan fingerprint density at radius 2 is 0.921 bits per heavy atom. The number of fused-ring (bicyclic) bond motifs is 10.